The SMILES string of the molecule is C\C=C/C(=C\C(=C\C)c1cccc(-c2ccccc2)c1)S(C)(C)C. The van der Waals surface area contributed by atoms with Gasteiger partial charge in [0.2, 0.25) is 0 Å². The average molecular weight is 337 g/mol. The zero-order valence-electron chi connectivity index (χ0n) is 15.4. The van der Waals surface area contributed by atoms with Crippen molar-refractivity contribution in [1.82, 2.24) is 0 Å². The van der Waals surface area contributed by atoms with E-state index in [4.69, 9.17) is 0 Å². The second-order valence-electron chi connectivity index (χ2n) is 6.57. The van der Waals surface area contributed by atoms with E-state index in [0.29, 0.717) is 0 Å². The summed E-state index contributed by atoms with van der Waals surface area (Å²) < 4.78 is 0. The molecule has 0 radical (unpaired) electrons. The number of rotatable bonds is 5. The maximum atomic E-state index is 2.35. The lowest BCUT2D eigenvalue weighted by molar-refractivity contribution is 1.56. The first-order chi connectivity index (χ1) is 11.5. The van der Waals surface area contributed by atoms with Crippen LogP contribution in [0.1, 0.15) is 19.4 Å². The molecule has 0 aliphatic rings. The molecule has 0 spiro atoms. The molecule has 24 heavy (non-hydrogen) atoms. The Morgan fingerprint density at radius 1 is 0.833 bits per heavy atom. The van der Waals surface area contributed by atoms with Crippen LogP contribution in [0.15, 0.2) is 83.8 Å². The van der Waals surface area contributed by atoms with Crippen LogP contribution in [0.5, 0.6) is 0 Å². The van der Waals surface area contributed by atoms with Crippen molar-refractivity contribution < 1.29 is 0 Å². The lowest BCUT2D eigenvalue weighted by Gasteiger charge is -2.27. The number of hydrogen-bond acceptors (Lipinski definition) is 0. The van der Waals surface area contributed by atoms with E-state index in [2.05, 4.69) is 112 Å². The Morgan fingerprint density at radius 3 is 2.08 bits per heavy atom. The van der Waals surface area contributed by atoms with Crippen molar-refractivity contribution in [2.75, 3.05) is 18.8 Å². The fourth-order valence-electron chi connectivity index (χ4n) is 2.59. The van der Waals surface area contributed by atoms with Gasteiger partial charge in [-0.15, -0.1) is 0 Å². The van der Waals surface area contributed by atoms with E-state index in [1.807, 2.05) is 0 Å². The molecule has 0 N–H and O–H groups in total. The van der Waals surface area contributed by atoms with Gasteiger partial charge < -0.3 is 0 Å². The first kappa shape index (κ1) is 18.4. The Bertz CT molecular complexity index is 756. The Balaban J connectivity index is 2.46. The first-order valence-electron chi connectivity index (χ1n) is 8.30. The van der Waals surface area contributed by atoms with Gasteiger partial charge in [0.05, 0.1) is 0 Å². The topological polar surface area (TPSA) is 0 Å². The van der Waals surface area contributed by atoms with Crippen molar-refractivity contribution >= 4 is 15.6 Å². The molecule has 0 bridgehead atoms. The lowest BCUT2D eigenvalue weighted by atomic mass is 9.98. The van der Waals surface area contributed by atoms with Crippen LogP contribution >= 0.6 is 10.0 Å². The van der Waals surface area contributed by atoms with Gasteiger partial charge in [0.25, 0.3) is 0 Å². The summed E-state index contributed by atoms with van der Waals surface area (Å²) in [5.74, 6) is 0. The predicted octanol–water partition coefficient (Wildman–Crippen LogP) is 6.91. The zero-order chi connectivity index (χ0) is 17.6. The van der Waals surface area contributed by atoms with Gasteiger partial charge in [-0.05, 0) is 71.9 Å². The summed E-state index contributed by atoms with van der Waals surface area (Å²) >= 11 is 0. The summed E-state index contributed by atoms with van der Waals surface area (Å²) in [5.41, 5.74) is 5.07. The summed E-state index contributed by atoms with van der Waals surface area (Å²) in [6.45, 7) is 4.21. The predicted molar refractivity (Wildman–Crippen MR) is 114 cm³/mol. The summed E-state index contributed by atoms with van der Waals surface area (Å²) in [6.07, 6.45) is 16.0. The maximum Gasteiger partial charge on any atom is -0.0104 e. The smallest absolute Gasteiger partial charge is 0.0104 e. The fourth-order valence-corrected chi connectivity index (χ4v) is 3.61. The Labute approximate surface area is 148 Å². The van der Waals surface area contributed by atoms with Crippen molar-refractivity contribution in [3.8, 4) is 11.1 Å². The van der Waals surface area contributed by atoms with Crippen LogP contribution in [0, 0.1) is 0 Å². The quantitative estimate of drug-likeness (QED) is 0.520. The Hall–Kier alpha value is -1.99. The van der Waals surface area contributed by atoms with E-state index in [1.54, 1.807) is 0 Å². The lowest BCUT2D eigenvalue weighted by Crippen LogP contribution is -1.95. The van der Waals surface area contributed by atoms with E-state index in [0.717, 1.165) is 0 Å². The van der Waals surface area contributed by atoms with E-state index >= 15 is 0 Å². The van der Waals surface area contributed by atoms with Gasteiger partial charge in [-0.25, -0.2) is 10.0 Å². The molecule has 0 nitrogen and oxygen atoms in total. The van der Waals surface area contributed by atoms with Crippen LogP contribution in [-0.2, 0) is 0 Å². The summed E-state index contributed by atoms with van der Waals surface area (Å²) in [7, 11) is -0.769. The minimum absolute atomic E-state index is 0.769. The summed E-state index contributed by atoms with van der Waals surface area (Å²) in [6, 6.07) is 19.4. The summed E-state index contributed by atoms with van der Waals surface area (Å²) in [5, 5.41) is 0. The van der Waals surface area contributed by atoms with Crippen molar-refractivity contribution in [2.45, 2.75) is 13.8 Å². The van der Waals surface area contributed by atoms with Crippen LogP contribution in [0.3, 0.4) is 0 Å². The van der Waals surface area contributed by atoms with E-state index in [-0.39, 0.29) is 0 Å². The minimum atomic E-state index is -0.769. The van der Waals surface area contributed by atoms with Crippen molar-refractivity contribution in [2.24, 2.45) is 0 Å². The molecule has 0 fully saturated rings. The molecule has 2 rings (SSSR count). The molecule has 2 aromatic rings. The zero-order valence-corrected chi connectivity index (χ0v) is 16.2. The standard InChI is InChI=1S/C23H28S/c1-6-12-23(24(3,4)5)18-19(7-2)21-15-11-16-22(17-21)20-13-9-8-10-14-20/h6-18H,1-5H3/b12-6-,19-7-,23-18+. The molecule has 0 aromatic heterocycles. The number of benzene rings is 2. The van der Waals surface area contributed by atoms with Crippen molar-refractivity contribution in [1.29, 1.82) is 0 Å². The molecule has 0 heterocycles. The highest BCUT2D eigenvalue weighted by molar-refractivity contribution is 8.35. The highest BCUT2D eigenvalue weighted by Gasteiger charge is 2.10. The maximum absolute atomic E-state index is 2.35. The molecule has 0 saturated heterocycles. The van der Waals surface area contributed by atoms with Crippen LogP contribution in [0.4, 0.5) is 0 Å². The number of allylic oxidation sites excluding steroid dienone is 5. The third-order valence-corrected chi connectivity index (χ3v) is 5.62. The molecule has 0 atom stereocenters. The van der Waals surface area contributed by atoms with Gasteiger partial charge in [-0.1, -0.05) is 66.8 Å². The van der Waals surface area contributed by atoms with Crippen LogP contribution in [-0.4, -0.2) is 18.8 Å². The van der Waals surface area contributed by atoms with Crippen LogP contribution in [0.25, 0.3) is 16.7 Å². The minimum Gasteiger partial charge on any atom is -0.223 e. The molecular formula is C23H28S. The monoisotopic (exact) mass is 336 g/mol. The second-order valence-corrected chi connectivity index (χ2v) is 10.7. The third kappa shape index (κ3) is 4.75. The highest BCUT2D eigenvalue weighted by atomic mass is 32.3. The van der Waals surface area contributed by atoms with Gasteiger partial charge in [0.15, 0.2) is 0 Å². The van der Waals surface area contributed by atoms with Gasteiger partial charge in [0, 0.05) is 0 Å². The normalized spacial score (nSPS) is 14.2. The fraction of sp³-hybridized carbons (Fsp3) is 0.217. The van der Waals surface area contributed by atoms with Crippen LogP contribution < -0.4 is 0 Å². The highest BCUT2D eigenvalue weighted by Crippen LogP contribution is 2.46. The van der Waals surface area contributed by atoms with Crippen LogP contribution in [0.2, 0.25) is 0 Å². The molecular weight excluding hydrogens is 308 g/mol. The van der Waals surface area contributed by atoms with Gasteiger partial charge in [0.1, 0.15) is 0 Å². The van der Waals surface area contributed by atoms with E-state index < -0.39 is 10.0 Å². The first-order valence-corrected chi connectivity index (χ1v) is 11.2. The van der Waals surface area contributed by atoms with Gasteiger partial charge >= 0.3 is 0 Å². The molecule has 0 aliphatic carbocycles. The van der Waals surface area contributed by atoms with E-state index in [9.17, 15) is 0 Å². The summed E-state index contributed by atoms with van der Waals surface area (Å²) in [4.78, 5) is 1.42. The van der Waals surface area contributed by atoms with Crippen molar-refractivity contribution in [3.63, 3.8) is 0 Å². The molecule has 126 valence electrons. The van der Waals surface area contributed by atoms with Crippen molar-refractivity contribution in [3.05, 3.63) is 89.4 Å². The molecule has 0 aliphatic heterocycles. The molecule has 1 heteroatoms. The second kappa shape index (κ2) is 8.21. The Morgan fingerprint density at radius 2 is 1.50 bits per heavy atom. The average Bonchev–Trinajstić information content (AvgIpc) is 2.58. The van der Waals surface area contributed by atoms with Gasteiger partial charge in [-0.3, -0.25) is 0 Å². The molecule has 0 unspecified atom stereocenters. The van der Waals surface area contributed by atoms with Gasteiger partial charge in [-0.2, -0.15) is 0 Å². The Kier molecular flexibility index (Phi) is 6.28. The molecule has 0 amide bonds. The largest absolute Gasteiger partial charge is 0.223 e. The number of hydrogen-bond donors (Lipinski definition) is 0. The third-order valence-electron chi connectivity index (χ3n) is 3.95. The molecule has 2 aromatic carbocycles. The van der Waals surface area contributed by atoms with E-state index in [1.165, 1.54) is 27.2 Å². The molecule has 0 saturated carbocycles.